The van der Waals surface area contributed by atoms with Crippen LogP contribution in [0, 0.1) is 0 Å². The Morgan fingerprint density at radius 2 is 0.429 bits per heavy atom. The van der Waals surface area contributed by atoms with Crippen molar-refractivity contribution >= 4 is 86.5 Å². The Labute approximate surface area is 102 Å². The molecule has 0 aliphatic heterocycles. The first-order valence-electron chi connectivity index (χ1n) is 0. The predicted molar refractivity (Wildman–Crippen MR) is 46.2 cm³/mol. The SMILES string of the molecule is Cl.Cl.Cl.Cl.Cl.[Fe].[SbH3]. The molecule has 0 heterocycles. The molecule has 7 heavy (non-hydrogen) atoms. The molecule has 0 bridgehead atoms. The average Bonchev–Trinajstić information content (AvgIpc) is 0. The molecule has 0 amide bonds. The Hall–Kier alpha value is 2.79. The average molecular weight is 363 g/mol. The van der Waals surface area contributed by atoms with Gasteiger partial charge in [0, 0.05) is 17.1 Å². The van der Waals surface area contributed by atoms with Crippen LogP contribution in [-0.2, 0) is 17.1 Å². The van der Waals surface area contributed by atoms with Crippen molar-refractivity contribution < 1.29 is 17.1 Å². The second-order valence-corrected chi connectivity index (χ2v) is 0. The van der Waals surface area contributed by atoms with Crippen molar-refractivity contribution in [2.45, 2.75) is 0 Å². The van der Waals surface area contributed by atoms with Crippen LogP contribution < -0.4 is 0 Å². The zero-order chi connectivity index (χ0) is 0. The third-order valence-electron chi connectivity index (χ3n) is 0. The van der Waals surface area contributed by atoms with Gasteiger partial charge in [-0.3, -0.25) is 0 Å². The van der Waals surface area contributed by atoms with Gasteiger partial charge in [0.1, 0.15) is 0 Å². The van der Waals surface area contributed by atoms with Gasteiger partial charge in [-0.2, -0.15) is 0 Å². The van der Waals surface area contributed by atoms with E-state index in [1.165, 1.54) is 0 Å². The van der Waals surface area contributed by atoms with Gasteiger partial charge in [0.15, 0.2) is 0 Å². The summed E-state index contributed by atoms with van der Waals surface area (Å²) in [5.41, 5.74) is 0. The summed E-state index contributed by atoms with van der Waals surface area (Å²) in [5.74, 6) is 0. The number of rotatable bonds is 0. The molecule has 0 fully saturated rings. The summed E-state index contributed by atoms with van der Waals surface area (Å²) in [7, 11) is 0. The molecule has 0 spiro atoms. The van der Waals surface area contributed by atoms with Crippen LogP contribution in [0.25, 0.3) is 0 Å². The van der Waals surface area contributed by atoms with E-state index in [0.29, 0.717) is 0 Å². The normalized spacial score (nSPS) is 0. The molecule has 0 aromatic carbocycles. The standard InChI is InChI=1S/5ClH.Fe.Sb.3H/h5*1H;;;;;. The van der Waals surface area contributed by atoms with E-state index >= 15 is 0 Å². The van der Waals surface area contributed by atoms with Crippen molar-refractivity contribution in [2.75, 3.05) is 0 Å². The fraction of sp³-hybridized carbons (Fsp3) is 0. The summed E-state index contributed by atoms with van der Waals surface area (Å²) in [6, 6.07) is 0. The second kappa shape index (κ2) is 68.6. The van der Waals surface area contributed by atoms with Crippen LogP contribution in [0.2, 0.25) is 0 Å². The molecule has 0 saturated carbocycles. The summed E-state index contributed by atoms with van der Waals surface area (Å²) in [5, 5.41) is 0. The van der Waals surface area contributed by atoms with Crippen LogP contribution >= 0.6 is 62.0 Å². The van der Waals surface area contributed by atoms with Gasteiger partial charge >= 0.3 is 24.4 Å². The van der Waals surface area contributed by atoms with Crippen LogP contribution in [0.4, 0.5) is 0 Å². The third-order valence-corrected chi connectivity index (χ3v) is 0. The number of halogens is 5. The Morgan fingerprint density at radius 1 is 0.429 bits per heavy atom. The molecule has 0 unspecified atom stereocenters. The predicted octanol–water partition coefficient (Wildman–Crippen LogP) is 0.923. The Balaban J connectivity index is 0. The zero-order valence-corrected chi connectivity index (χ0v) is 12.3. The van der Waals surface area contributed by atoms with Gasteiger partial charge in [-0.1, -0.05) is 0 Å². The van der Waals surface area contributed by atoms with Gasteiger partial charge in [-0.25, -0.2) is 0 Å². The number of hydrogen-bond acceptors (Lipinski definition) is 0. The van der Waals surface area contributed by atoms with Gasteiger partial charge in [-0.15, -0.1) is 62.0 Å². The van der Waals surface area contributed by atoms with Crippen molar-refractivity contribution in [3.8, 4) is 0 Å². The van der Waals surface area contributed by atoms with Crippen molar-refractivity contribution in [3.05, 3.63) is 0 Å². The molecule has 0 aliphatic carbocycles. The maximum absolute atomic E-state index is 0. The van der Waals surface area contributed by atoms with E-state index in [0.717, 1.165) is 0 Å². The van der Waals surface area contributed by atoms with Crippen LogP contribution in [-0.4, -0.2) is 24.4 Å². The van der Waals surface area contributed by atoms with E-state index < -0.39 is 0 Å². The summed E-state index contributed by atoms with van der Waals surface area (Å²) >= 11 is 0. The van der Waals surface area contributed by atoms with Gasteiger partial charge in [0.25, 0.3) is 0 Å². The summed E-state index contributed by atoms with van der Waals surface area (Å²) in [6.45, 7) is 0. The fourth-order valence-electron chi connectivity index (χ4n) is 0. The van der Waals surface area contributed by atoms with Crippen LogP contribution in [0.1, 0.15) is 0 Å². The molecular formula is H8Cl5FeSb. The monoisotopic (exact) mass is 360 g/mol. The van der Waals surface area contributed by atoms with Crippen LogP contribution in [0.15, 0.2) is 0 Å². The first kappa shape index (κ1) is 97.3. The van der Waals surface area contributed by atoms with Crippen LogP contribution in [0.5, 0.6) is 0 Å². The van der Waals surface area contributed by atoms with E-state index in [1.54, 1.807) is 0 Å². The van der Waals surface area contributed by atoms with Crippen LogP contribution in [0.3, 0.4) is 0 Å². The van der Waals surface area contributed by atoms with Crippen molar-refractivity contribution in [1.82, 2.24) is 0 Å². The van der Waals surface area contributed by atoms with Gasteiger partial charge in [0.2, 0.25) is 0 Å². The minimum absolute atomic E-state index is 0. The van der Waals surface area contributed by atoms with E-state index in [2.05, 4.69) is 0 Å². The molecular weight excluding hydrogens is 355 g/mol. The molecule has 0 rings (SSSR count). The van der Waals surface area contributed by atoms with Crippen molar-refractivity contribution in [3.63, 3.8) is 0 Å². The van der Waals surface area contributed by atoms with E-state index in [4.69, 9.17) is 0 Å². The summed E-state index contributed by atoms with van der Waals surface area (Å²) in [6.07, 6.45) is 0. The fourth-order valence-corrected chi connectivity index (χ4v) is 0. The van der Waals surface area contributed by atoms with Gasteiger partial charge < -0.3 is 0 Å². The van der Waals surface area contributed by atoms with Gasteiger partial charge in [-0.05, 0) is 0 Å². The molecule has 0 N–H and O–H groups in total. The zero-order valence-electron chi connectivity index (χ0n) is 3.10. The molecule has 56 valence electrons. The van der Waals surface area contributed by atoms with E-state index in [9.17, 15) is 0 Å². The first-order valence-corrected chi connectivity index (χ1v) is 0. The van der Waals surface area contributed by atoms with E-state index in [1.807, 2.05) is 0 Å². The minimum atomic E-state index is 0. The molecule has 0 aliphatic rings. The Bertz CT molecular complexity index is 8.04. The molecule has 0 radical (unpaired) electrons. The third kappa shape index (κ3) is 52.1. The molecule has 0 nitrogen and oxygen atoms in total. The first-order chi connectivity index (χ1) is 0. The van der Waals surface area contributed by atoms with Crippen molar-refractivity contribution in [2.24, 2.45) is 0 Å². The molecule has 0 saturated heterocycles. The Kier molecular flexibility index (Phi) is 953. The summed E-state index contributed by atoms with van der Waals surface area (Å²) < 4.78 is 0. The molecule has 0 aromatic heterocycles. The summed E-state index contributed by atoms with van der Waals surface area (Å²) in [4.78, 5) is 0. The molecule has 0 atom stereocenters. The van der Waals surface area contributed by atoms with E-state index in [-0.39, 0.29) is 104 Å². The molecule has 0 aromatic rings. The second-order valence-electron chi connectivity index (χ2n) is 0. The Morgan fingerprint density at radius 3 is 0.429 bits per heavy atom. The maximum atomic E-state index is 0. The topological polar surface area (TPSA) is 0 Å². The molecule has 7 heteroatoms. The van der Waals surface area contributed by atoms with Crippen molar-refractivity contribution in [1.29, 1.82) is 0 Å². The number of hydrogen-bond donors (Lipinski definition) is 0. The quantitative estimate of drug-likeness (QED) is 0.562. The van der Waals surface area contributed by atoms with Gasteiger partial charge in [0.05, 0.1) is 0 Å².